The van der Waals surface area contributed by atoms with E-state index >= 15 is 0 Å². The van der Waals surface area contributed by atoms with Crippen LogP contribution in [0.25, 0.3) is 0 Å². The highest BCUT2D eigenvalue weighted by molar-refractivity contribution is 6.01. The van der Waals surface area contributed by atoms with Crippen LogP contribution in [0.15, 0.2) is 29.4 Å². The van der Waals surface area contributed by atoms with Crippen molar-refractivity contribution in [2.45, 2.75) is 97.3 Å². The largest absolute Gasteiger partial charge is 0.326 e. The highest BCUT2D eigenvalue weighted by Crippen LogP contribution is 2.25. The summed E-state index contributed by atoms with van der Waals surface area (Å²) in [5, 5.41) is 7.29. The second kappa shape index (κ2) is 13.9. The molecule has 0 bridgehead atoms. The standard InChI is InChI=1S/C25H39N3O2/c1-3-4-5-6-7-8-12-18-24(29)28-27-20(2)22-16-13-17-23(19-22)26-25(30)21-14-10-9-11-15-21/h13,16-17,19,21H,3-12,14-15,18H2,1-2H3,(H,26,30)(H,28,29). The molecule has 0 unspecified atom stereocenters. The number of amides is 2. The second-order valence-corrected chi connectivity index (χ2v) is 8.51. The molecule has 2 N–H and O–H groups in total. The molecule has 2 amide bonds. The fourth-order valence-electron chi connectivity index (χ4n) is 3.94. The number of hydrogen-bond donors (Lipinski definition) is 2. The Kier molecular flexibility index (Phi) is 11.2. The molecule has 30 heavy (non-hydrogen) atoms. The molecule has 2 rings (SSSR count). The van der Waals surface area contributed by atoms with Crippen LogP contribution < -0.4 is 10.7 Å². The molecule has 0 aliphatic heterocycles. The SMILES string of the molecule is CCCCCCCCCC(=O)NN=C(C)c1cccc(NC(=O)C2CCCCC2)c1. The van der Waals surface area contributed by atoms with Gasteiger partial charge in [-0.15, -0.1) is 0 Å². The predicted octanol–water partition coefficient (Wildman–Crippen LogP) is 6.19. The van der Waals surface area contributed by atoms with Gasteiger partial charge in [-0.05, 0) is 43.9 Å². The van der Waals surface area contributed by atoms with Crippen molar-refractivity contribution in [2.24, 2.45) is 11.0 Å². The number of rotatable bonds is 12. The van der Waals surface area contributed by atoms with Gasteiger partial charge >= 0.3 is 0 Å². The van der Waals surface area contributed by atoms with Gasteiger partial charge < -0.3 is 5.32 Å². The van der Waals surface area contributed by atoms with Gasteiger partial charge in [0.25, 0.3) is 0 Å². The van der Waals surface area contributed by atoms with E-state index in [2.05, 4.69) is 22.8 Å². The minimum absolute atomic E-state index is 0.0373. The number of nitrogens with one attached hydrogen (secondary N) is 2. The van der Waals surface area contributed by atoms with Crippen molar-refractivity contribution in [3.05, 3.63) is 29.8 Å². The van der Waals surface area contributed by atoms with Crippen LogP contribution in [0.2, 0.25) is 0 Å². The molecule has 5 heteroatoms. The van der Waals surface area contributed by atoms with Crippen molar-refractivity contribution in [2.75, 3.05) is 5.32 Å². The topological polar surface area (TPSA) is 70.6 Å². The first-order valence-electron chi connectivity index (χ1n) is 11.8. The second-order valence-electron chi connectivity index (χ2n) is 8.51. The van der Waals surface area contributed by atoms with Crippen LogP contribution in [0.5, 0.6) is 0 Å². The smallest absolute Gasteiger partial charge is 0.240 e. The number of benzene rings is 1. The molecular formula is C25H39N3O2. The van der Waals surface area contributed by atoms with Gasteiger partial charge in [-0.2, -0.15) is 5.10 Å². The summed E-state index contributed by atoms with van der Waals surface area (Å²) < 4.78 is 0. The van der Waals surface area contributed by atoms with Crippen molar-refractivity contribution in [1.29, 1.82) is 0 Å². The lowest BCUT2D eigenvalue weighted by atomic mass is 9.88. The first-order valence-corrected chi connectivity index (χ1v) is 11.8. The molecule has 166 valence electrons. The first-order chi connectivity index (χ1) is 14.6. The van der Waals surface area contributed by atoms with Gasteiger partial charge in [0.15, 0.2) is 0 Å². The Morgan fingerprint density at radius 3 is 2.43 bits per heavy atom. The number of unbranched alkanes of at least 4 members (excludes halogenated alkanes) is 6. The number of nitrogens with zero attached hydrogens (tertiary/aromatic N) is 1. The molecule has 0 atom stereocenters. The van der Waals surface area contributed by atoms with E-state index in [0.717, 1.165) is 55.5 Å². The van der Waals surface area contributed by atoms with Crippen LogP contribution >= 0.6 is 0 Å². The minimum Gasteiger partial charge on any atom is -0.326 e. The lowest BCUT2D eigenvalue weighted by Crippen LogP contribution is -2.24. The lowest BCUT2D eigenvalue weighted by Gasteiger charge is -2.20. The van der Waals surface area contributed by atoms with E-state index in [0.29, 0.717) is 6.42 Å². The van der Waals surface area contributed by atoms with Crippen LogP contribution in [-0.2, 0) is 9.59 Å². The molecular weight excluding hydrogens is 374 g/mol. The number of anilines is 1. The highest BCUT2D eigenvalue weighted by Gasteiger charge is 2.21. The van der Waals surface area contributed by atoms with Gasteiger partial charge in [-0.25, -0.2) is 5.43 Å². The Morgan fingerprint density at radius 1 is 1.00 bits per heavy atom. The van der Waals surface area contributed by atoms with E-state index < -0.39 is 0 Å². The predicted molar refractivity (Wildman–Crippen MR) is 125 cm³/mol. The zero-order chi connectivity index (χ0) is 21.6. The summed E-state index contributed by atoms with van der Waals surface area (Å²) in [5.74, 6) is 0.206. The lowest BCUT2D eigenvalue weighted by molar-refractivity contribution is -0.121. The Labute approximate surface area is 182 Å². The summed E-state index contributed by atoms with van der Waals surface area (Å²) in [4.78, 5) is 24.5. The average molecular weight is 414 g/mol. The van der Waals surface area contributed by atoms with Crippen molar-refractivity contribution in [3.63, 3.8) is 0 Å². The molecule has 0 saturated heterocycles. The summed E-state index contributed by atoms with van der Waals surface area (Å²) in [6.45, 7) is 4.09. The number of carbonyl (C=O) groups is 2. The normalized spacial score (nSPS) is 15.1. The first kappa shape index (κ1) is 24.1. The number of hydrogen-bond acceptors (Lipinski definition) is 3. The minimum atomic E-state index is -0.0373. The third kappa shape index (κ3) is 9.10. The van der Waals surface area contributed by atoms with E-state index in [1.165, 1.54) is 38.5 Å². The fourth-order valence-corrected chi connectivity index (χ4v) is 3.94. The van der Waals surface area contributed by atoms with Gasteiger partial charge in [0.05, 0.1) is 5.71 Å². The zero-order valence-corrected chi connectivity index (χ0v) is 18.8. The summed E-state index contributed by atoms with van der Waals surface area (Å²) in [6, 6.07) is 7.67. The highest BCUT2D eigenvalue weighted by atomic mass is 16.2. The molecule has 5 nitrogen and oxygen atoms in total. The van der Waals surface area contributed by atoms with E-state index in [1.807, 2.05) is 31.2 Å². The molecule has 0 aromatic heterocycles. The maximum atomic E-state index is 12.5. The van der Waals surface area contributed by atoms with Crippen LogP contribution in [-0.4, -0.2) is 17.5 Å². The molecule has 1 fully saturated rings. The van der Waals surface area contributed by atoms with Gasteiger partial charge in [-0.3, -0.25) is 9.59 Å². The average Bonchev–Trinajstić information content (AvgIpc) is 2.77. The van der Waals surface area contributed by atoms with Gasteiger partial charge in [0, 0.05) is 18.0 Å². The van der Waals surface area contributed by atoms with Crippen molar-refractivity contribution in [3.8, 4) is 0 Å². The molecule has 1 aromatic rings. The quantitative estimate of drug-likeness (QED) is 0.244. The van der Waals surface area contributed by atoms with E-state index in [-0.39, 0.29) is 17.7 Å². The van der Waals surface area contributed by atoms with Crippen LogP contribution in [0.3, 0.4) is 0 Å². The van der Waals surface area contributed by atoms with Gasteiger partial charge in [0.1, 0.15) is 0 Å². The third-order valence-corrected chi connectivity index (χ3v) is 5.88. The third-order valence-electron chi connectivity index (χ3n) is 5.88. The van der Waals surface area contributed by atoms with E-state index in [9.17, 15) is 9.59 Å². The molecule has 1 aromatic carbocycles. The number of hydrazone groups is 1. The van der Waals surface area contributed by atoms with Gasteiger partial charge in [0.2, 0.25) is 11.8 Å². The van der Waals surface area contributed by atoms with Crippen molar-refractivity contribution in [1.82, 2.24) is 5.43 Å². The van der Waals surface area contributed by atoms with Crippen LogP contribution in [0, 0.1) is 5.92 Å². The number of carbonyl (C=O) groups excluding carboxylic acids is 2. The fraction of sp³-hybridized carbons (Fsp3) is 0.640. The maximum absolute atomic E-state index is 12.5. The maximum Gasteiger partial charge on any atom is 0.240 e. The molecule has 1 aliphatic rings. The molecule has 1 aliphatic carbocycles. The Hall–Kier alpha value is -2.17. The summed E-state index contributed by atoms with van der Waals surface area (Å²) in [6.07, 6.45) is 14.3. The molecule has 0 heterocycles. The summed E-state index contributed by atoms with van der Waals surface area (Å²) >= 11 is 0. The summed E-state index contributed by atoms with van der Waals surface area (Å²) in [7, 11) is 0. The molecule has 0 spiro atoms. The van der Waals surface area contributed by atoms with Crippen molar-refractivity contribution < 1.29 is 9.59 Å². The zero-order valence-electron chi connectivity index (χ0n) is 18.8. The van der Waals surface area contributed by atoms with Crippen LogP contribution in [0.1, 0.15) is 103 Å². The monoisotopic (exact) mass is 413 g/mol. The Balaban J connectivity index is 1.75. The van der Waals surface area contributed by atoms with Crippen LogP contribution in [0.4, 0.5) is 5.69 Å². The molecule has 0 radical (unpaired) electrons. The van der Waals surface area contributed by atoms with E-state index in [1.54, 1.807) is 0 Å². The summed E-state index contributed by atoms with van der Waals surface area (Å²) in [5.41, 5.74) is 5.08. The van der Waals surface area contributed by atoms with Gasteiger partial charge in [-0.1, -0.05) is 76.8 Å². The Bertz CT molecular complexity index is 693. The molecule has 1 saturated carbocycles. The van der Waals surface area contributed by atoms with Crippen molar-refractivity contribution >= 4 is 23.2 Å². The van der Waals surface area contributed by atoms with E-state index in [4.69, 9.17) is 0 Å². The Morgan fingerprint density at radius 2 is 1.70 bits per heavy atom.